The van der Waals surface area contributed by atoms with Crippen LogP contribution in [-0.4, -0.2) is 31.6 Å². The molecule has 1 amide bonds. The molecule has 25 heavy (non-hydrogen) atoms. The Morgan fingerprint density at radius 2 is 1.72 bits per heavy atom. The van der Waals surface area contributed by atoms with Crippen LogP contribution in [0.5, 0.6) is 0 Å². The minimum absolute atomic E-state index is 0.00799. The van der Waals surface area contributed by atoms with Gasteiger partial charge in [0.05, 0.1) is 29.9 Å². The van der Waals surface area contributed by atoms with Crippen LogP contribution >= 0.6 is 0 Å². The number of esters is 2. The van der Waals surface area contributed by atoms with Crippen LogP contribution in [0.4, 0.5) is 5.69 Å². The molecule has 0 aromatic heterocycles. The Kier molecular flexibility index (Phi) is 5.85. The van der Waals surface area contributed by atoms with Crippen LogP contribution in [0.15, 0.2) is 48.5 Å². The second kappa shape index (κ2) is 8.26. The Morgan fingerprint density at radius 1 is 1.04 bits per heavy atom. The summed E-state index contributed by atoms with van der Waals surface area (Å²) >= 11 is 0. The highest BCUT2D eigenvalue weighted by atomic mass is 16.5. The number of ether oxygens (including phenoxy) is 2. The highest BCUT2D eigenvalue weighted by Gasteiger charge is 2.19. The molecule has 0 saturated carbocycles. The maximum Gasteiger partial charge on any atom is 0.339 e. The number of nitrogens with one attached hydrogen (secondary N) is 1. The van der Waals surface area contributed by atoms with Gasteiger partial charge in [-0.1, -0.05) is 18.2 Å². The third kappa shape index (κ3) is 4.65. The molecule has 0 radical (unpaired) electrons. The van der Waals surface area contributed by atoms with E-state index in [0.29, 0.717) is 11.3 Å². The van der Waals surface area contributed by atoms with Crippen LogP contribution in [0.25, 0.3) is 0 Å². The summed E-state index contributed by atoms with van der Waals surface area (Å²) in [6.07, 6.45) is 0. The Bertz CT molecular complexity index is 855. The minimum Gasteiger partial charge on any atom is -0.465 e. The Balaban J connectivity index is 1.99. The fourth-order valence-corrected chi connectivity index (χ4v) is 2.02. The van der Waals surface area contributed by atoms with E-state index in [1.807, 2.05) is 6.07 Å². The van der Waals surface area contributed by atoms with Crippen molar-refractivity contribution in [3.05, 3.63) is 65.2 Å². The van der Waals surface area contributed by atoms with Crippen molar-refractivity contribution in [3.8, 4) is 6.07 Å². The average Bonchev–Trinajstić information content (AvgIpc) is 2.65. The van der Waals surface area contributed by atoms with Gasteiger partial charge in [0, 0.05) is 5.69 Å². The van der Waals surface area contributed by atoms with Crippen molar-refractivity contribution in [1.29, 1.82) is 5.26 Å². The number of carbonyl (C=O) groups excluding carboxylic acids is 3. The van der Waals surface area contributed by atoms with E-state index in [9.17, 15) is 14.4 Å². The number of carbonyl (C=O) groups is 3. The van der Waals surface area contributed by atoms with Gasteiger partial charge < -0.3 is 14.8 Å². The highest BCUT2D eigenvalue weighted by molar-refractivity contribution is 6.04. The standard InChI is InChI=1S/C18H14N2O5/c1-24-17(22)14-7-2-3-8-15(14)18(23)25-11-16(21)20-13-6-4-5-12(9-13)10-19/h2-9H,11H2,1H3,(H,20,21). The largest absolute Gasteiger partial charge is 0.465 e. The van der Waals surface area contributed by atoms with Gasteiger partial charge in [-0.25, -0.2) is 9.59 Å². The van der Waals surface area contributed by atoms with Crippen LogP contribution in [0.2, 0.25) is 0 Å². The van der Waals surface area contributed by atoms with E-state index in [0.717, 1.165) is 0 Å². The van der Waals surface area contributed by atoms with E-state index in [1.54, 1.807) is 30.3 Å². The third-order valence-electron chi connectivity index (χ3n) is 3.16. The molecule has 2 aromatic rings. The number of nitrogens with zero attached hydrogens (tertiary/aromatic N) is 1. The lowest BCUT2D eigenvalue weighted by Crippen LogP contribution is -2.22. The van der Waals surface area contributed by atoms with Crippen LogP contribution in [-0.2, 0) is 14.3 Å². The molecule has 0 heterocycles. The summed E-state index contributed by atoms with van der Waals surface area (Å²) in [5, 5.41) is 11.3. The monoisotopic (exact) mass is 338 g/mol. The number of nitriles is 1. The number of hydrogen-bond donors (Lipinski definition) is 1. The van der Waals surface area contributed by atoms with Crippen LogP contribution in [0, 0.1) is 11.3 Å². The maximum atomic E-state index is 12.1. The van der Waals surface area contributed by atoms with Gasteiger partial charge in [-0.3, -0.25) is 4.79 Å². The Hall–Kier alpha value is -3.66. The molecule has 0 spiro atoms. The molecule has 0 fully saturated rings. The maximum absolute atomic E-state index is 12.1. The summed E-state index contributed by atoms with van der Waals surface area (Å²) in [7, 11) is 1.20. The van der Waals surface area contributed by atoms with E-state index in [1.165, 1.54) is 25.3 Å². The number of rotatable bonds is 5. The predicted molar refractivity (Wildman–Crippen MR) is 87.9 cm³/mol. The van der Waals surface area contributed by atoms with Crippen molar-refractivity contribution in [3.63, 3.8) is 0 Å². The summed E-state index contributed by atoms with van der Waals surface area (Å²) in [6, 6.07) is 14.2. The Labute approximate surface area is 143 Å². The van der Waals surface area contributed by atoms with Crippen molar-refractivity contribution in [2.24, 2.45) is 0 Å². The molecular formula is C18H14N2O5. The van der Waals surface area contributed by atoms with Crippen LogP contribution in [0.3, 0.4) is 0 Å². The van der Waals surface area contributed by atoms with E-state index >= 15 is 0 Å². The van der Waals surface area contributed by atoms with Gasteiger partial charge in [-0.05, 0) is 30.3 Å². The van der Waals surface area contributed by atoms with Gasteiger partial charge in [0.2, 0.25) is 0 Å². The fourth-order valence-electron chi connectivity index (χ4n) is 2.02. The number of amides is 1. The second-order valence-corrected chi connectivity index (χ2v) is 4.85. The molecule has 126 valence electrons. The van der Waals surface area contributed by atoms with Crippen molar-refractivity contribution in [2.75, 3.05) is 19.0 Å². The first-order valence-electron chi connectivity index (χ1n) is 7.19. The molecular weight excluding hydrogens is 324 g/mol. The van der Waals surface area contributed by atoms with Gasteiger partial charge in [-0.2, -0.15) is 5.26 Å². The number of hydrogen-bond acceptors (Lipinski definition) is 6. The molecule has 2 rings (SSSR count). The first kappa shape index (κ1) is 17.7. The second-order valence-electron chi connectivity index (χ2n) is 4.85. The SMILES string of the molecule is COC(=O)c1ccccc1C(=O)OCC(=O)Nc1cccc(C#N)c1. The first-order valence-corrected chi connectivity index (χ1v) is 7.19. The quantitative estimate of drug-likeness (QED) is 0.837. The molecule has 0 aliphatic heterocycles. The van der Waals surface area contributed by atoms with Crippen molar-refractivity contribution in [2.45, 2.75) is 0 Å². The lowest BCUT2D eigenvalue weighted by atomic mass is 10.1. The summed E-state index contributed by atoms with van der Waals surface area (Å²) < 4.78 is 9.53. The molecule has 0 unspecified atom stereocenters. The highest BCUT2D eigenvalue weighted by Crippen LogP contribution is 2.12. The fraction of sp³-hybridized carbons (Fsp3) is 0.111. The van der Waals surface area contributed by atoms with Gasteiger partial charge in [-0.15, -0.1) is 0 Å². The molecule has 0 aliphatic carbocycles. The number of methoxy groups -OCH3 is 1. The average molecular weight is 338 g/mol. The third-order valence-corrected chi connectivity index (χ3v) is 3.16. The zero-order valence-electron chi connectivity index (χ0n) is 13.3. The van der Waals surface area contributed by atoms with E-state index in [-0.39, 0.29) is 11.1 Å². The summed E-state index contributed by atoms with van der Waals surface area (Å²) in [5.41, 5.74) is 0.864. The first-order chi connectivity index (χ1) is 12.0. The Morgan fingerprint density at radius 3 is 2.36 bits per heavy atom. The summed E-state index contributed by atoms with van der Waals surface area (Å²) in [4.78, 5) is 35.6. The normalized spacial score (nSPS) is 9.60. The lowest BCUT2D eigenvalue weighted by Gasteiger charge is -2.09. The molecule has 0 aliphatic rings. The summed E-state index contributed by atoms with van der Waals surface area (Å²) in [5.74, 6) is -2.06. The topological polar surface area (TPSA) is 105 Å². The van der Waals surface area contributed by atoms with Crippen LogP contribution < -0.4 is 5.32 Å². The van der Waals surface area contributed by atoms with E-state index in [4.69, 9.17) is 10.00 Å². The van der Waals surface area contributed by atoms with Crippen molar-refractivity contribution < 1.29 is 23.9 Å². The summed E-state index contributed by atoms with van der Waals surface area (Å²) in [6.45, 7) is -0.537. The molecule has 0 atom stereocenters. The predicted octanol–water partition coefficient (Wildman–Crippen LogP) is 2.14. The smallest absolute Gasteiger partial charge is 0.339 e. The molecule has 7 heteroatoms. The molecule has 7 nitrogen and oxygen atoms in total. The van der Waals surface area contributed by atoms with E-state index < -0.39 is 24.5 Å². The zero-order chi connectivity index (χ0) is 18.2. The zero-order valence-corrected chi connectivity index (χ0v) is 13.3. The molecule has 0 saturated heterocycles. The molecule has 2 aromatic carbocycles. The van der Waals surface area contributed by atoms with Gasteiger partial charge in [0.25, 0.3) is 5.91 Å². The van der Waals surface area contributed by atoms with Crippen molar-refractivity contribution in [1.82, 2.24) is 0 Å². The van der Waals surface area contributed by atoms with Gasteiger partial charge in [0.1, 0.15) is 0 Å². The van der Waals surface area contributed by atoms with Crippen LogP contribution in [0.1, 0.15) is 26.3 Å². The number of benzene rings is 2. The molecule has 0 bridgehead atoms. The van der Waals surface area contributed by atoms with Gasteiger partial charge in [0.15, 0.2) is 6.61 Å². The van der Waals surface area contributed by atoms with Gasteiger partial charge >= 0.3 is 11.9 Å². The molecule has 1 N–H and O–H groups in total. The minimum atomic E-state index is -0.818. The number of anilines is 1. The lowest BCUT2D eigenvalue weighted by molar-refractivity contribution is -0.119. The van der Waals surface area contributed by atoms with Crippen molar-refractivity contribution >= 4 is 23.5 Å². The van der Waals surface area contributed by atoms with E-state index in [2.05, 4.69) is 10.1 Å².